The van der Waals surface area contributed by atoms with E-state index < -0.39 is 27.7 Å². The van der Waals surface area contributed by atoms with Crippen LogP contribution < -0.4 is 4.31 Å². The average Bonchev–Trinajstić information content (AvgIpc) is 2.72. The maximum Gasteiger partial charge on any atom is 0.314 e. The van der Waals surface area contributed by atoms with E-state index in [1.165, 1.54) is 30.3 Å². The number of anilines is 1. The van der Waals surface area contributed by atoms with Gasteiger partial charge in [0.2, 0.25) is 0 Å². The van der Waals surface area contributed by atoms with Gasteiger partial charge in [-0.15, -0.1) is 0 Å². The summed E-state index contributed by atoms with van der Waals surface area (Å²) < 4.78 is 27.3. The van der Waals surface area contributed by atoms with Gasteiger partial charge in [-0.2, -0.15) is 0 Å². The summed E-state index contributed by atoms with van der Waals surface area (Å²) in [6, 6.07) is 10.6. The molecule has 2 aromatic rings. The van der Waals surface area contributed by atoms with Crippen LogP contribution in [0.15, 0.2) is 47.4 Å². The van der Waals surface area contributed by atoms with Crippen molar-refractivity contribution in [2.75, 3.05) is 10.8 Å². The summed E-state index contributed by atoms with van der Waals surface area (Å²) in [6.45, 7) is 1.73. The van der Waals surface area contributed by atoms with E-state index in [1.807, 2.05) is 6.92 Å². The summed E-state index contributed by atoms with van der Waals surface area (Å²) in [5.41, 5.74) is 1.05. The van der Waals surface area contributed by atoms with Gasteiger partial charge in [0.25, 0.3) is 10.0 Å². The predicted octanol–water partition coefficient (Wildman–Crippen LogP) is 3.13. The zero-order valence-electron chi connectivity index (χ0n) is 13.8. The van der Waals surface area contributed by atoms with Crippen LogP contribution in [0.5, 0.6) is 0 Å². The van der Waals surface area contributed by atoms with Crippen LogP contribution in [0.4, 0.5) is 5.69 Å². The van der Waals surface area contributed by atoms with Crippen LogP contribution in [0, 0.1) is 12.8 Å². The Hall–Kier alpha value is -2.38. The molecule has 6 nitrogen and oxygen atoms in total. The van der Waals surface area contributed by atoms with Crippen molar-refractivity contribution in [3.05, 3.63) is 58.6 Å². The van der Waals surface area contributed by atoms with E-state index in [0.29, 0.717) is 0 Å². The van der Waals surface area contributed by atoms with E-state index in [1.54, 1.807) is 12.1 Å². The van der Waals surface area contributed by atoms with Crippen LogP contribution in [0.1, 0.15) is 22.3 Å². The summed E-state index contributed by atoms with van der Waals surface area (Å²) in [5, 5.41) is 9.58. The first-order chi connectivity index (χ1) is 12.2. The molecule has 0 radical (unpaired) electrons. The Labute approximate surface area is 156 Å². The fourth-order valence-corrected chi connectivity index (χ4v) is 4.60. The Kier molecular flexibility index (Phi) is 4.77. The number of fused-ring (bicyclic) bond motifs is 1. The van der Waals surface area contributed by atoms with Crippen LogP contribution in [0.3, 0.4) is 0 Å². The lowest BCUT2D eigenvalue weighted by atomic mass is 9.95. The highest BCUT2D eigenvalue weighted by atomic mass is 35.5. The number of carbonyl (C=O) groups is 2. The highest BCUT2D eigenvalue weighted by molar-refractivity contribution is 7.92. The molecule has 0 aromatic heterocycles. The first-order valence-corrected chi connectivity index (χ1v) is 9.69. The first kappa shape index (κ1) is 18.4. The second-order valence-corrected chi connectivity index (χ2v) is 8.39. The zero-order chi connectivity index (χ0) is 19.1. The number of Topliss-reactive ketones (excluding diaryl/α,β-unsaturated/α-hetero) is 1. The average molecular weight is 394 g/mol. The number of carboxylic acids is 1. The van der Waals surface area contributed by atoms with Crippen LogP contribution >= 0.6 is 11.6 Å². The Morgan fingerprint density at radius 1 is 1.19 bits per heavy atom. The first-order valence-electron chi connectivity index (χ1n) is 7.88. The van der Waals surface area contributed by atoms with Crippen LogP contribution in [0.2, 0.25) is 5.02 Å². The van der Waals surface area contributed by atoms with Crippen molar-refractivity contribution in [2.24, 2.45) is 5.92 Å². The van der Waals surface area contributed by atoms with Gasteiger partial charge < -0.3 is 5.11 Å². The Balaban J connectivity index is 2.17. The number of aliphatic carboxylic acids is 1. The van der Waals surface area contributed by atoms with Crippen molar-refractivity contribution in [2.45, 2.75) is 18.2 Å². The minimum absolute atomic E-state index is 0.00177. The molecule has 0 amide bonds. The lowest BCUT2D eigenvalue weighted by Gasteiger charge is -2.24. The lowest BCUT2D eigenvalue weighted by Crippen LogP contribution is -2.32. The van der Waals surface area contributed by atoms with E-state index >= 15 is 0 Å². The number of carboxylic acid groups (broad SMARTS) is 1. The number of ketones is 1. The Morgan fingerprint density at radius 3 is 2.46 bits per heavy atom. The summed E-state index contributed by atoms with van der Waals surface area (Å²) >= 11 is 5.95. The number of benzene rings is 2. The predicted molar refractivity (Wildman–Crippen MR) is 97.2 cm³/mol. The van der Waals surface area contributed by atoms with E-state index in [0.717, 1.165) is 9.87 Å². The lowest BCUT2D eigenvalue weighted by molar-refractivity contribution is -0.140. The second kappa shape index (κ2) is 6.74. The molecule has 1 atom stereocenters. The Bertz CT molecular complexity index is 985. The molecule has 26 heavy (non-hydrogen) atoms. The zero-order valence-corrected chi connectivity index (χ0v) is 15.4. The Morgan fingerprint density at radius 2 is 1.85 bits per heavy atom. The molecule has 1 heterocycles. The molecule has 1 N–H and O–H groups in total. The smallest absolute Gasteiger partial charge is 0.314 e. The van der Waals surface area contributed by atoms with Crippen molar-refractivity contribution in [3.8, 4) is 0 Å². The topological polar surface area (TPSA) is 91.8 Å². The fourth-order valence-electron chi connectivity index (χ4n) is 2.93. The normalized spacial score (nSPS) is 17.5. The van der Waals surface area contributed by atoms with E-state index in [-0.39, 0.29) is 34.1 Å². The molecule has 1 aliphatic heterocycles. The fraction of sp³-hybridized carbons (Fsp3) is 0.222. The number of nitrogens with zero attached hydrogens (tertiary/aromatic N) is 1. The van der Waals surface area contributed by atoms with Crippen LogP contribution in [-0.2, 0) is 14.8 Å². The summed E-state index contributed by atoms with van der Waals surface area (Å²) in [7, 11) is -3.96. The molecule has 0 aliphatic carbocycles. The van der Waals surface area contributed by atoms with Crippen molar-refractivity contribution < 1.29 is 23.1 Å². The third-order valence-electron chi connectivity index (χ3n) is 4.34. The number of rotatable bonds is 3. The molecule has 0 saturated carbocycles. The third-order valence-corrected chi connectivity index (χ3v) is 6.40. The minimum Gasteiger partial charge on any atom is -0.481 e. The summed E-state index contributed by atoms with van der Waals surface area (Å²) in [4.78, 5) is 24.2. The van der Waals surface area contributed by atoms with Crippen molar-refractivity contribution in [1.29, 1.82) is 0 Å². The molecule has 1 aliphatic rings. The maximum atomic E-state index is 13.1. The number of hydrogen-bond donors (Lipinski definition) is 1. The molecule has 0 saturated heterocycles. The molecule has 3 rings (SSSR count). The van der Waals surface area contributed by atoms with Gasteiger partial charge in [-0.25, -0.2) is 8.42 Å². The second-order valence-electron chi connectivity index (χ2n) is 6.10. The van der Waals surface area contributed by atoms with Crippen molar-refractivity contribution in [1.82, 2.24) is 0 Å². The summed E-state index contributed by atoms with van der Waals surface area (Å²) in [5.74, 6) is -3.24. The minimum atomic E-state index is -3.96. The molecule has 136 valence electrons. The highest BCUT2D eigenvalue weighted by Gasteiger charge is 2.37. The molecule has 2 aromatic carbocycles. The van der Waals surface area contributed by atoms with Crippen LogP contribution in [-0.4, -0.2) is 31.8 Å². The van der Waals surface area contributed by atoms with Crippen LogP contribution in [0.25, 0.3) is 0 Å². The van der Waals surface area contributed by atoms with Gasteiger partial charge in [-0.1, -0.05) is 29.3 Å². The van der Waals surface area contributed by atoms with Gasteiger partial charge in [0.15, 0.2) is 5.78 Å². The van der Waals surface area contributed by atoms with Gasteiger partial charge in [-0.05, 0) is 43.7 Å². The summed E-state index contributed by atoms with van der Waals surface area (Å²) in [6.07, 6.45) is -0.119. The SMILES string of the molecule is Cc1ccc(S(=O)(=O)N2CCC(C(=O)O)C(=O)c3cc(Cl)ccc32)cc1. The molecule has 0 spiro atoms. The maximum absolute atomic E-state index is 13.1. The molecule has 0 bridgehead atoms. The number of halogens is 1. The molecule has 8 heteroatoms. The van der Waals surface area contributed by atoms with Gasteiger partial charge >= 0.3 is 5.97 Å². The van der Waals surface area contributed by atoms with E-state index in [4.69, 9.17) is 11.6 Å². The third kappa shape index (κ3) is 3.20. The van der Waals surface area contributed by atoms with Gasteiger partial charge in [-0.3, -0.25) is 13.9 Å². The molecule has 0 fully saturated rings. The van der Waals surface area contributed by atoms with Crippen molar-refractivity contribution in [3.63, 3.8) is 0 Å². The van der Waals surface area contributed by atoms with Crippen molar-refractivity contribution >= 4 is 39.1 Å². The number of sulfonamides is 1. The molecule has 1 unspecified atom stereocenters. The monoisotopic (exact) mass is 393 g/mol. The van der Waals surface area contributed by atoms with Gasteiger partial charge in [0.1, 0.15) is 5.92 Å². The number of carbonyl (C=O) groups excluding carboxylic acids is 1. The quantitative estimate of drug-likeness (QED) is 0.809. The molecular formula is C18H16ClNO5S. The standard InChI is InChI=1S/C18H16ClNO5S/c1-11-2-5-13(6-3-11)26(24,25)20-9-8-14(18(22)23)17(21)15-10-12(19)4-7-16(15)20/h2-7,10,14H,8-9H2,1H3,(H,22,23). The van der Waals surface area contributed by atoms with E-state index in [9.17, 15) is 23.1 Å². The largest absolute Gasteiger partial charge is 0.481 e. The van der Waals surface area contributed by atoms with E-state index in [2.05, 4.69) is 0 Å². The molecular weight excluding hydrogens is 378 g/mol. The van der Waals surface area contributed by atoms with Gasteiger partial charge in [0.05, 0.1) is 10.6 Å². The number of aryl methyl sites for hydroxylation is 1. The highest BCUT2D eigenvalue weighted by Crippen LogP contribution is 2.34. The van der Waals surface area contributed by atoms with Gasteiger partial charge in [0, 0.05) is 17.1 Å². The number of hydrogen-bond acceptors (Lipinski definition) is 4.